The fourth-order valence-electron chi connectivity index (χ4n) is 3.05. The largest absolute Gasteiger partial charge is 0.486 e. The Kier molecular flexibility index (Phi) is 6.66. The molecular formula is C21H25FN3O4+. The highest BCUT2D eigenvalue weighted by Crippen LogP contribution is 2.32. The average Bonchev–Trinajstić information content (AvgIpc) is 2.69. The van der Waals surface area contributed by atoms with E-state index in [4.69, 9.17) is 9.47 Å². The minimum absolute atomic E-state index is 0.114. The molecule has 2 amide bonds. The quantitative estimate of drug-likeness (QED) is 0.644. The van der Waals surface area contributed by atoms with Crippen molar-refractivity contribution in [1.82, 2.24) is 5.32 Å². The SMILES string of the molecule is C[C@H](NC(=O)C[NH+](C)CC(=O)Nc1ccc(F)cc1)c1ccc2c(c1)OCCO2. The van der Waals surface area contributed by atoms with Crippen LogP contribution in [-0.2, 0) is 9.59 Å². The highest BCUT2D eigenvalue weighted by molar-refractivity contribution is 5.91. The molecule has 0 saturated carbocycles. The molecule has 3 N–H and O–H groups in total. The van der Waals surface area contributed by atoms with Gasteiger partial charge in [-0.25, -0.2) is 4.39 Å². The number of fused-ring (bicyclic) bond motifs is 1. The maximum absolute atomic E-state index is 12.9. The Balaban J connectivity index is 1.46. The van der Waals surface area contributed by atoms with Gasteiger partial charge in [-0.15, -0.1) is 0 Å². The second-order valence-corrected chi connectivity index (χ2v) is 7.06. The summed E-state index contributed by atoms with van der Waals surface area (Å²) >= 11 is 0. The molecule has 1 aliphatic rings. The van der Waals surface area contributed by atoms with Gasteiger partial charge in [0.1, 0.15) is 19.0 Å². The van der Waals surface area contributed by atoms with Crippen molar-refractivity contribution in [2.24, 2.45) is 0 Å². The highest BCUT2D eigenvalue weighted by Gasteiger charge is 2.18. The number of carbonyl (C=O) groups excluding carboxylic acids is 2. The predicted octanol–water partition coefficient (Wildman–Crippen LogP) is 0.928. The molecule has 29 heavy (non-hydrogen) atoms. The lowest BCUT2D eigenvalue weighted by molar-refractivity contribution is -0.862. The summed E-state index contributed by atoms with van der Waals surface area (Å²) in [6, 6.07) is 10.9. The van der Waals surface area contributed by atoms with E-state index in [0.29, 0.717) is 30.4 Å². The van der Waals surface area contributed by atoms with Crippen LogP contribution in [0.3, 0.4) is 0 Å². The van der Waals surface area contributed by atoms with Gasteiger partial charge in [0, 0.05) is 5.69 Å². The van der Waals surface area contributed by atoms with Gasteiger partial charge in [-0.2, -0.15) is 0 Å². The Morgan fingerprint density at radius 2 is 1.69 bits per heavy atom. The number of anilines is 1. The first-order valence-electron chi connectivity index (χ1n) is 9.46. The standard InChI is InChI=1S/C21H24FN3O4/c1-14(15-3-8-18-19(11-15)29-10-9-28-18)23-20(26)12-25(2)13-21(27)24-17-6-4-16(22)5-7-17/h3-8,11,14H,9-10,12-13H2,1-2H3,(H,23,26)(H,24,27)/p+1/t14-/m0/s1. The van der Waals surface area contributed by atoms with Crippen molar-refractivity contribution in [2.75, 3.05) is 38.7 Å². The first-order valence-corrected chi connectivity index (χ1v) is 9.46. The Labute approximate surface area is 168 Å². The molecular weight excluding hydrogens is 377 g/mol. The number of rotatable bonds is 7. The van der Waals surface area contributed by atoms with E-state index in [-0.39, 0.29) is 36.8 Å². The lowest BCUT2D eigenvalue weighted by Crippen LogP contribution is -3.11. The van der Waals surface area contributed by atoms with Crippen molar-refractivity contribution < 1.29 is 28.4 Å². The van der Waals surface area contributed by atoms with Crippen LogP contribution in [0.2, 0.25) is 0 Å². The van der Waals surface area contributed by atoms with Gasteiger partial charge < -0.3 is 25.0 Å². The molecule has 1 unspecified atom stereocenters. The van der Waals surface area contributed by atoms with Crippen LogP contribution in [-0.4, -0.2) is 45.2 Å². The summed E-state index contributed by atoms with van der Waals surface area (Å²) in [6.45, 7) is 3.18. The number of hydrogen-bond donors (Lipinski definition) is 3. The lowest BCUT2D eigenvalue weighted by Gasteiger charge is -2.21. The fourth-order valence-corrected chi connectivity index (χ4v) is 3.05. The Bertz CT molecular complexity index is 873. The zero-order valence-corrected chi connectivity index (χ0v) is 16.5. The van der Waals surface area contributed by atoms with Gasteiger partial charge in [0.15, 0.2) is 24.6 Å². The van der Waals surface area contributed by atoms with Crippen LogP contribution in [0, 0.1) is 5.82 Å². The number of nitrogens with one attached hydrogen (secondary N) is 3. The number of halogens is 1. The number of quaternary nitrogens is 1. The normalized spacial score (nSPS) is 14.6. The molecule has 0 saturated heterocycles. The van der Waals surface area contributed by atoms with E-state index in [1.165, 1.54) is 24.3 Å². The van der Waals surface area contributed by atoms with Crippen molar-refractivity contribution >= 4 is 17.5 Å². The van der Waals surface area contributed by atoms with Crippen molar-refractivity contribution in [3.05, 3.63) is 53.8 Å². The van der Waals surface area contributed by atoms with Crippen molar-refractivity contribution in [1.29, 1.82) is 0 Å². The topological polar surface area (TPSA) is 81.1 Å². The third-order valence-corrected chi connectivity index (χ3v) is 4.50. The Morgan fingerprint density at radius 3 is 2.41 bits per heavy atom. The summed E-state index contributed by atoms with van der Waals surface area (Å²) in [7, 11) is 1.76. The molecule has 0 aromatic heterocycles. The van der Waals surface area contributed by atoms with E-state index in [1.54, 1.807) is 7.05 Å². The monoisotopic (exact) mass is 402 g/mol. The molecule has 154 valence electrons. The van der Waals surface area contributed by atoms with E-state index >= 15 is 0 Å². The van der Waals surface area contributed by atoms with E-state index in [1.807, 2.05) is 25.1 Å². The number of hydrogen-bond acceptors (Lipinski definition) is 4. The van der Waals surface area contributed by atoms with E-state index in [2.05, 4.69) is 10.6 Å². The van der Waals surface area contributed by atoms with Crippen LogP contribution in [0.4, 0.5) is 10.1 Å². The van der Waals surface area contributed by atoms with Crippen molar-refractivity contribution in [2.45, 2.75) is 13.0 Å². The molecule has 3 rings (SSSR count). The second-order valence-electron chi connectivity index (χ2n) is 7.06. The number of amides is 2. The summed E-state index contributed by atoms with van der Waals surface area (Å²) in [6.07, 6.45) is 0. The molecule has 0 radical (unpaired) electrons. The molecule has 0 aliphatic carbocycles. The van der Waals surface area contributed by atoms with Gasteiger partial charge in [-0.1, -0.05) is 6.07 Å². The molecule has 8 heteroatoms. The molecule has 0 fully saturated rings. The molecule has 2 aromatic rings. The number of carbonyl (C=O) groups is 2. The average molecular weight is 402 g/mol. The number of ether oxygens (including phenoxy) is 2. The molecule has 2 atom stereocenters. The maximum Gasteiger partial charge on any atom is 0.279 e. The lowest BCUT2D eigenvalue weighted by atomic mass is 10.1. The minimum atomic E-state index is -0.366. The molecule has 2 aromatic carbocycles. The molecule has 0 spiro atoms. The van der Waals surface area contributed by atoms with E-state index in [0.717, 1.165) is 10.5 Å². The minimum Gasteiger partial charge on any atom is -0.486 e. The fraction of sp³-hybridized carbons (Fsp3) is 0.333. The highest BCUT2D eigenvalue weighted by atomic mass is 19.1. The van der Waals surface area contributed by atoms with E-state index < -0.39 is 0 Å². The number of likely N-dealkylation sites (N-methyl/N-ethyl adjacent to an activating group) is 1. The zero-order chi connectivity index (χ0) is 20.8. The summed E-state index contributed by atoms with van der Waals surface area (Å²) < 4.78 is 24.0. The third-order valence-electron chi connectivity index (χ3n) is 4.50. The maximum atomic E-state index is 12.9. The zero-order valence-electron chi connectivity index (χ0n) is 16.5. The van der Waals surface area contributed by atoms with Gasteiger partial charge in [0.05, 0.1) is 13.1 Å². The molecule has 7 nitrogen and oxygen atoms in total. The van der Waals surface area contributed by atoms with Crippen LogP contribution in [0.5, 0.6) is 11.5 Å². The van der Waals surface area contributed by atoms with Crippen LogP contribution in [0.1, 0.15) is 18.5 Å². The predicted molar refractivity (Wildman–Crippen MR) is 106 cm³/mol. The summed E-state index contributed by atoms with van der Waals surface area (Å²) in [5.74, 6) is 0.598. The number of benzene rings is 2. The summed E-state index contributed by atoms with van der Waals surface area (Å²) in [5, 5.41) is 5.62. The van der Waals surface area contributed by atoms with E-state index in [9.17, 15) is 14.0 Å². The second kappa shape index (κ2) is 9.38. The van der Waals surface area contributed by atoms with Gasteiger partial charge in [0.25, 0.3) is 11.8 Å². The van der Waals surface area contributed by atoms with Gasteiger partial charge >= 0.3 is 0 Å². The summed E-state index contributed by atoms with van der Waals surface area (Å²) in [4.78, 5) is 25.2. The van der Waals surface area contributed by atoms with Crippen LogP contribution < -0.4 is 25.0 Å². The van der Waals surface area contributed by atoms with Crippen LogP contribution in [0.15, 0.2) is 42.5 Å². The third kappa shape index (κ3) is 5.92. The van der Waals surface area contributed by atoms with Crippen molar-refractivity contribution in [3.63, 3.8) is 0 Å². The smallest absolute Gasteiger partial charge is 0.279 e. The molecule has 1 heterocycles. The van der Waals surface area contributed by atoms with Gasteiger partial charge in [-0.3, -0.25) is 9.59 Å². The molecule has 0 bridgehead atoms. The van der Waals surface area contributed by atoms with Gasteiger partial charge in [-0.05, 0) is 48.9 Å². The first-order chi connectivity index (χ1) is 13.9. The Hall–Kier alpha value is -3.13. The van der Waals surface area contributed by atoms with Crippen molar-refractivity contribution in [3.8, 4) is 11.5 Å². The summed E-state index contributed by atoms with van der Waals surface area (Å²) in [5.41, 5.74) is 1.43. The van der Waals surface area contributed by atoms with Crippen LogP contribution in [0.25, 0.3) is 0 Å². The van der Waals surface area contributed by atoms with Crippen LogP contribution >= 0.6 is 0 Å². The Morgan fingerprint density at radius 1 is 1.03 bits per heavy atom. The van der Waals surface area contributed by atoms with Gasteiger partial charge in [0.2, 0.25) is 0 Å². The first kappa shape index (κ1) is 20.6. The molecule has 1 aliphatic heterocycles.